The van der Waals surface area contributed by atoms with Crippen molar-refractivity contribution in [3.8, 4) is 0 Å². The van der Waals surface area contributed by atoms with E-state index in [1.54, 1.807) is 0 Å². The smallest absolute Gasteiger partial charge is 0.188 e. The Labute approximate surface area is 98.9 Å². The molecule has 2 aliphatic carbocycles. The molecule has 2 fully saturated rings. The van der Waals surface area contributed by atoms with E-state index in [9.17, 15) is 0 Å². The van der Waals surface area contributed by atoms with Crippen molar-refractivity contribution < 1.29 is 0 Å². The molecule has 0 aromatic carbocycles. The number of nitrogens with two attached hydrogens (primary N) is 1. The summed E-state index contributed by atoms with van der Waals surface area (Å²) in [7, 11) is 0. The fourth-order valence-corrected chi connectivity index (χ4v) is 2.35. The summed E-state index contributed by atoms with van der Waals surface area (Å²) >= 11 is 0. The lowest BCUT2D eigenvalue weighted by Gasteiger charge is -2.33. The van der Waals surface area contributed by atoms with Gasteiger partial charge in [0.2, 0.25) is 0 Å². The average Bonchev–Trinajstić information content (AvgIpc) is 3.00. The van der Waals surface area contributed by atoms with Gasteiger partial charge in [-0.05, 0) is 49.9 Å². The van der Waals surface area contributed by atoms with Crippen LogP contribution < -0.4 is 11.1 Å². The number of nitrogens with one attached hydrogen (secondary N) is 1. The van der Waals surface area contributed by atoms with Gasteiger partial charge in [0.15, 0.2) is 5.96 Å². The zero-order valence-electron chi connectivity index (χ0n) is 10.6. The van der Waals surface area contributed by atoms with Crippen LogP contribution >= 0.6 is 0 Å². The molecule has 0 aliphatic heterocycles. The van der Waals surface area contributed by atoms with E-state index in [0.29, 0.717) is 17.4 Å². The molecule has 0 unspecified atom stereocenters. The molecule has 0 heterocycles. The zero-order valence-corrected chi connectivity index (χ0v) is 10.6. The van der Waals surface area contributed by atoms with Crippen LogP contribution in [0.5, 0.6) is 0 Å². The van der Waals surface area contributed by atoms with Crippen LogP contribution in [0, 0.1) is 11.3 Å². The van der Waals surface area contributed by atoms with E-state index in [1.165, 1.54) is 38.5 Å². The first-order chi connectivity index (χ1) is 7.55. The summed E-state index contributed by atoms with van der Waals surface area (Å²) in [6, 6.07) is 0.619. The summed E-state index contributed by atoms with van der Waals surface area (Å²) in [6.45, 7) is 5.66. The van der Waals surface area contributed by atoms with Crippen molar-refractivity contribution in [2.75, 3.05) is 6.54 Å². The molecule has 16 heavy (non-hydrogen) atoms. The highest BCUT2D eigenvalue weighted by atomic mass is 15.1. The molecular formula is C13H25N3. The maximum atomic E-state index is 5.82. The fourth-order valence-electron chi connectivity index (χ4n) is 2.35. The van der Waals surface area contributed by atoms with E-state index in [-0.39, 0.29) is 0 Å². The Hall–Kier alpha value is -0.730. The van der Waals surface area contributed by atoms with Gasteiger partial charge < -0.3 is 11.1 Å². The van der Waals surface area contributed by atoms with Gasteiger partial charge in [-0.2, -0.15) is 0 Å². The molecule has 0 bridgehead atoms. The molecule has 2 aliphatic rings. The second kappa shape index (κ2) is 4.64. The van der Waals surface area contributed by atoms with Crippen LogP contribution in [0.4, 0.5) is 0 Å². The first-order valence-corrected chi connectivity index (χ1v) is 6.62. The summed E-state index contributed by atoms with van der Waals surface area (Å²) in [6.07, 6.45) is 7.81. The summed E-state index contributed by atoms with van der Waals surface area (Å²) in [5.74, 6) is 1.42. The topological polar surface area (TPSA) is 50.4 Å². The summed E-state index contributed by atoms with van der Waals surface area (Å²) < 4.78 is 0. The number of nitrogens with zero attached hydrogens (tertiary/aromatic N) is 1. The van der Waals surface area contributed by atoms with Crippen molar-refractivity contribution in [3.63, 3.8) is 0 Å². The first-order valence-electron chi connectivity index (χ1n) is 6.62. The first kappa shape index (κ1) is 11.7. The zero-order chi connectivity index (χ0) is 11.6. The third-order valence-electron chi connectivity index (χ3n) is 3.91. The quantitative estimate of drug-likeness (QED) is 0.569. The molecule has 3 heteroatoms. The van der Waals surface area contributed by atoms with Gasteiger partial charge in [0, 0.05) is 12.6 Å². The molecule has 0 saturated heterocycles. The summed E-state index contributed by atoms with van der Waals surface area (Å²) in [5, 5.41) is 3.24. The lowest BCUT2D eigenvalue weighted by Crippen LogP contribution is -2.34. The highest BCUT2D eigenvalue weighted by Crippen LogP contribution is 2.37. The van der Waals surface area contributed by atoms with E-state index < -0.39 is 0 Å². The van der Waals surface area contributed by atoms with Gasteiger partial charge in [-0.3, -0.25) is 4.99 Å². The molecule has 92 valence electrons. The Kier molecular flexibility index (Phi) is 3.41. The van der Waals surface area contributed by atoms with E-state index in [0.717, 1.165) is 12.5 Å². The third-order valence-corrected chi connectivity index (χ3v) is 3.91. The fraction of sp³-hybridized carbons (Fsp3) is 0.923. The highest BCUT2D eigenvalue weighted by Gasteiger charge is 2.26. The van der Waals surface area contributed by atoms with Crippen molar-refractivity contribution in [2.45, 2.75) is 58.4 Å². The monoisotopic (exact) mass is 223 g/mol. The second-order valence-electron chi connectivity index (χ2n) is 6.25. The van der Waals surface area contributed by atoms with Gasteiger partial charge in [-0.1, -0.05) is 13.8 Å². The number of hydrogen-bond donors (Lipinski definition) is 2. The van der Waals surface area contributed by atoms with Gasteiger partial charge in [0.1, 0.15) is 0 Å². The maximum Gasteiger partial charge on any atom is 0.188 e. The molecule has 0 aromatic rings. The molecule has 0 atom stereocenters. The number of aliphatic imine (C=N–C) groups is 1. The summed E-state index contributed by atoms with van der Waals surface area (Å²) in [5.41, 5.74) is 6.38. The minimum absolute atomic E-state index is 0.554. The highest BCUT2D eigenvalue weighted by molar-refractivity contribution is 5.78. The summed E-state index contributed by atoms with van der Waals surface area (Å²) in [4.78, 5) is 4.46. The minimum atomic E-state index is 0.554. The third kappa shape index (κ3) is 3.69. The van der Waals surface area contributed by atoms with Gasteiger partial charge >= 0.3 is 0 Å². The molecule has 3 nitrogen and oxygen atoms in total. The molecule has 0 amide bonds. The molecular weight excluding hydrogens is 198 g/mol. The van der Waals surface area contributed by atoms with Crippen molar-refractivity contribution >= 4 is 5.96 Å². The van der Waals surface area contributed by atoms with Crippen molar-refractivity contribution in [1.29, 1.82) is 0 Å². The van der Waals surface area contributed by atoms with Crippen molar-refractivity contribution in [3.05, 3.63) is 0 Å². The number of hydrogen-bond acceptors (Lipinski definition) is 1. The van der Waals surface area contributed by atoms with Crippen LogP contribution in [-0.2, 0) is 0 Å². The molecule has 0 radical (unpaired) electrons. The second-order valence-corrected chi connectivity index (χ2v) is 6.25. The van der Waals surface area contributed by atoms with Crippen LogP contribution in [-0.4, -0.2) is 18.5 Å². The normalized spacial score (nSPS) is 26.8. The largest absolute Gasteiger partial charge is 0.370 e. The SMILES string of the molecule is CC1(C)CCC(CN=C(N)NC2CC2)CC1. The molecule has 0 spiro atoms. The van der Waals surface area contributed by atoms with Crippen molar-refractivity contribution in [2.24, 2.45) is 22.1 Å². The minimum Gasteiger partial charge on any atom is -0.370 e. The molecule has 0 aromatic heterocycles. The molecule has 3 N–H and O–H groups in total. The standard InChI is InChI=1S/C13H25N3/c1-13(2)7-5-10(6-8-13)9-15-12(14)16-11-3-4-11/h10-11H,3-9H2,1-2H3,(H3,14,15,16). The van der Waals surface area contributed by atoms with Crippen LogP contribution in [0.15, 0.2) is 4.99 Å². The Morgan fingerprint density at radius 3 is 2.44 bits per heavy atom. The molecule has 2 saturated carbocycles. The Balaban J connectivity index is 1.69. The van der Waals surface area contributed by atoms with Crippen LogP contribution in [0.2, 0.25) is 0 Å². The lowest BCUT2D eigenvalue weighted by molar-refractivity contribution is 0.195. The van der Waals surface area contributed by atoms with Gasteiger partial charge in [-0.15, -0.1) is 0 Å². The number of guanidine groups is 1. The Morgan fingerprint density at radius 2 is 1.88 bits per heavy atom. The van der Waals surface area contributed by atoms with Gasteiger partial charge in [-0.25, -0.2) is 0 Å². The Morgan fingerprint density at radius 1 is 1.25 bits per heavy atom. The predicted octanol–water partition coefficient (Wildman–Crippen LogP) is 2.27. The van der Waals surface area contributed by atoms with Crippen LogP contribution in [0.25, 0.3) is 0 Å². The average molecular weight is 223 g/mol. The van der Waals surface area contributed by atoms with E-state index in [4.69, 9.17) is 5.73 Å². The van der Waals surface area contributed by atoms with Crippen molar-refractivity contribution in [1.82, 2.24) is 5.32 Å². The van der Waals surface area contributed by atoms with E-state index in [2.05, 4.69) is 24.2 Å². The van der Waals surface area contributed by atoms with Gasteiger partial charge in [0.25, 0.3) is 0 Å². The number of rotatable bonds is 3. The Bertz CT molecular complexity index is 256. The van der Waals surface area contributed by atoms with Crippen LogP contribution in [0.3, 0.4) is 0 Å². The van der Waals surface area contributed by atoms with E-state index in [1.807, 2.05) is 0 Å². The maximum absolute atomic E-state index is 5.82. The van der Waals surface area contributed by atoms with Gasteiger partial charge in [0.05, 0.1) is 0 Å². The van der Waals surface area contributed by atoms with E-state index >= 15 is 0 Å². The molecule has 2 rings (SSSR count). The van der Waals surface area contributed by atoms with Crippen LogP contribution in [0.1, 0.15) is 52.4 Å². The predicted molar refractivity (Wildman–Crippen MR) is 68.4 cm³/mol. The lowest BCUT2D eigenvalue weighted by atomic mass is 9.73.